The van der Waals surface area contributed by atoms with Crippen LogP contribution in [-0.2, 0) is 14.3 Å². The van der Waals surface area contributed by atoms with Crippen molar-refractivity contribution in [2.24, 2.45) is 23.2 Å². The molecule has 0 bridgehead atoms. The molecular weight excluding hydrogens is 432 g/mol. The summed E-state index contributed by atoms with van der Waals surface area (Å²) in [5, 5.41) is 0. The first kappa shape index (κ1) is 26.7. The molecule has 0 saturated heterocycles. The van der Waals surface area contributed by atoms with Gasteiger partial charge in [0.25, 0.3) is 0 Å². The minimum absolute atomic E-state index is 0.372. The van der Waals surface area contributed by atoms with Gasteiger partial charge in [0.2, 0.25) is 0 Å². The highest BCUT2D eigenvalue weighted by atomic mass is 32.2. The number of hydrogen-bond acceptors (Lipinski definition) is 3. The van der Waals surface area contributed by atoms with E-state index in [9.17, 15) is 8.42 Å². The van der Waals surface area contributed by atoms with Crippen LogP contribution in [0.1, 0.15) is 113 Å². The predicted octanol–water partition coefficient (Wildman–Crippen LogP) is 7.76. The zero-order valence-electron chi connectivity index (χ0n) is 22.4. The van der Waals surface area contributed by atoms with E-state index in [1.807, 2.05) is 20.8 Å². The smallest absolute Gasteiger partial charge is 0.192 e. The minimum atomic E-state index is -3.08. The molecule has 5 atom stereocenters. The Hall–Kier alpha value is 0.127. The summed E-state index contributed by atoms with van der Waals surface area (Å²) >= 11 is 0. The Morgan fingerprint density at radius 2 is 1.59 bits per heavy atom. The van der Waals surface area contributed by atoms with Crippen LogP contribution in [0, 0.1) is 23.2 Å². The molecule has 0 radical (unpaired) electrons. The second kappa shape index (κ2) is 9.30. The van der Waals surface area contributed by atoms with Gasteiger partial charge in [0.15, 0.2) is 18.2 Å². The van der Waals surface area contributed by atoms with Crippen molar-refractivity contribution in [1.82, 2.24) is 0 Å². The Balaban J connectivity index is 1.69. The highest BCUT2D eigenvalue weighted by Gasteiger charge is 2.59. The van der Waals surface area contributed by atoms with E-state index >= 15 is 0 Å². The number of rotatable bonds is 10. The van der Waals surface area contributed by atoms with E-state index in [4.69, 9.17) is 4.43 Å². The second-order valence-corrected chi connectivity index (χ2v) is 20.7. The van der Waals surface area contributed by atoms with E-state index in [-0.39, 0.29) is 0 Å². The molecule has 0 N–H and O–H groups in total. The predicted molar refractivity (Wildman–Crippen MR) is 139 cm³/mol. The molecular formula is C27H52O3SSi. The molecule has 0 heterocycles. The van der Waals surface area contributed by atoms with Crippen molar-refractivity contribution in [3.8, 4) is 0 Å². The summed E-state index contributed by atoms with van der Waals surface area (Å²) < 4.78 is 32.5. The van der Waals surface area contributed by atoms with Gasteiger partial charge in [-0.3, -0.25) is 0 Å². The summed E-state index contributed by atoms with van der Waals surface area (Å²) in [6, 6.07) is 3.72. The van der Waals surface area contributed by atoms with Crippen molar-refractivity contribution in [1.29, 1.82) is 0 Å². The molecule has 3 rings (SSSR count). The summed E-state index contributed by atoms with van der Waals surface area (Å²) in [7, 11) is -4.66. The third-order valence-corrected chi connectivity index (χ3v) is 18.4. The SMILES string of the molecule is CC[Si](CC)(CC)O[C@@H]1CCC[C@]2(C)[C@@H]([C@H](C)CCC3(S(=O)(=O)C(C)(C)C)CC3)CC[C@@H]12. The van der Waals surface area contributed by atoms with Crippen molar-refractivity contribution in [3.05, 3.63) is 0 Å². The first-order valence-corrected chi connectivity index (χ1v) is 17.7. The van der Waals surface area contributed by atoms with Gasteiger partial charge < -0.3 is 4.43 Å². The molecule has 32 heavy (non-hydrogen) atoms. The Morgan fingerprint density at radius 3 is 2.09 bits per heavy atom. The fourth-order valence-corrected chi connectivity index (χ4v) is 12.9. The zero-order chi connectivity index (χ0) is 24.0. The lowest BCUT2D eigenvalue weighted by Crippen LogP contribution is -2.48. The van der Waals surface area contributed by atoms with Crippen LogP contribution in [0.3, 0.4) is 0 Å². The quantitative estimate of drug-likeness (QED) is 0.298. The third-order valence-electron chi connectivity index (χ3n) is 10.4. The Morgan fingerprint density at radius 1 is 1.00 bits per heavy atom. The molecule has 3 aliphatic carbocycles. The maximum absolute atomic E-state index is 13.2. The van der Waals surface area contributed by atoms with Crippen molar-refractivity contribution in [2.45, 2.75) is 147 Å². The molecule has 0 aromatic rings. The lowest BCUT2D eigenvalue weighted by Gasteiger charge is -2.49. The van der Waals surface area contributed by atoms with E-state index < -0.39 is 27.6 Å². The Labute approximate surface area is 200 Å². The molecule has 3 aliphatic rings. The molecule has 0 aromatic carbocycles. The van der Waals surface area contributed by atoms with Gasteiger partial charge in [0, 0.05) is 6.10 Å². The largest absolute Gasteiger partial charge is 0.414 e. The number of fused-ring (bicyclic) bond motifs is 1. The number of hydrogen-bond donors (Lipinski definition) is 0. The molecule has 3 nitrogen and oxygen atoms in total. The van der Waals surface area contributed by atoms with Crippen molar-refractivity contribution in [3.63, 3.8) is 0 Å². The fourth-order valence-electron chi connectivity index (χ4n) is 7.69. The fraction of sp³-hybridized carbons (Fsp3) is 1.00. The van der Waals surface area contributed by atoms with Crippen LogP contribution in [-0.4, -0.2) is 32.3 Å². The Kier molecular flexibility index (Phi) is 7.76. The summed E-state index contributed by atoms with van der Waals surface area (Å²) in [6.45, 7) is 17.7. The topological polar surface area (TPSA) is 43.4 Å². The highest BCUT2D eigenvalue weighted by Crippen LogP contribution is 2.60. The molecule has 3 fully saturated rings. The van der Waals surface area contributed by atoms with Crippen LogP contribution in [0.25, 0.3) is 0 Å². The van der Waals surface area contributed by atoms with Gasteiger partial charge >= 0.3 is 0 Å². The van der Waals surface area contributed by atoms with Gasteiger partial charge in [0.05, 0.1) is 9.49 Å². The third kappa shape index (κ3) is 4.53. The van der Waals surface area contributed by atoms with Gasteiger partial charge in [-0.1, -0.05) is 41.0 Å². The standard InChI is InChI=1S/C27H52O3SSi/c1-9-32(10-2,11-3)30-24-13-12-17-26(8)22(14-15-23(24)26)21(4)16-18-27(19-20-27)31(28,29)25(5,6)7/h21-24H,9-20H2,1-8H3/t21-,22-,23+,24-,26-/m1/s1. The average molecular weight is 485 g/mol. The lowest BCUT2D eigenvalue weighted by molar-refractivity contribution is -0.0203. The van der Waals surface area contributed by atoms with Gasteiger partial charge in [0.1, 0.15) is 0 Å². The monoisotopic (exact) mass is 484 g/mol. The van der Waals surface area contributed by atoms with Crippen LogP contribution in [0.15, 0.2) is 0 Å². The summed E-state index contributed by atoms with van der Waals surface area (Å²) in [4.78, 5) is 0. The van der Waals surface area contributed by atoms with Gasteiger partial charge in [-0.2, -0.15) is 0 Å². The van der Waals surface area contributed by atoms with E-state index in [1.54, 1.807) is 0 Å². The summed E-state index contributed by atoms with van der Waals surface area (Å²) in [5.41, 5.74) is 0.372. The van der Waals surface area contributed by atoms with Crippen LogP contribution < -0.4 is 0 Å². The normalized spacial score (nSPS) is 33.7. The first-order valence-electron chi connectivity index (χ1n) is 13.7. The van der Waals surface area contributed by atoms with E-state index in [1.165, 1.54) is 50.2 Å². The zero-order valence-corrected chi connectivity index (χ0v) is 24.2. The van der Waals surface area contributed by atoms with E-state index in [0.717, 1.165) is 25.7 Å². The molecule has 0 amide bonds. The molecule has 0 unspecified atom stereocenters. The molecule has 0 aromatic heterocycles. The molecule has 5 heteroatoms. The molecule has 3 saturated carbocycles. The first-order chi connectivity index (χ1) is 14.8. The van der Waals surface area contributed by atoms with Crippen LogP contribution in [0.2, 0.25) is 18.1 Å². The van der Waals surface area contributed by atoms with Crippen LogP contribution in [0.5, 0.6) is 0 Å². The maximum Gasteiger partial charge on any atom is 0.192 e. The van der Waals surface area contributed by atoms with Crippen LogP contribution >= 0.6 is 0 Å². The molecule has 188 valence electrons. The van der Waals surface area contributed by atoms with Crippen molar-refractivity contribution >= 4 is 18.2 Å². The summed E-state index contributed by atoms with van der Waals surface area (Å²) in [6.07, 6.45) is 10.6. The van der Waals surface area contributed by atoms with E-state index in [2.05, 4.69) is 34.6 Å². The summed E-state index contributed by atoms with van der Waals surface area (Å²) in [5.74, 6) is 2.02. The van der Waals surface area contributed by atoms with Crippen molar-refractivity contribution < 1.29 is 12.8 Å². The highest BCUT2D eigenvalue weighted by molar-refractivity contribution is 7.94. The van der Waals surface area contributed by atoms with Gasteiger partial charge in [-0.25, -0.2) is 8.42 Å². The van der Waals surface area contributed by atoms with E-state index in [0.29, 0.717) is 29.3 Å². The molecule has 0 spiro atoms. The second-order valence-electron chi connectivity index (χ2n) is 12.9. The average Bonchev–Trinajstić information content (AvgIpc) is 3.45. The van der Waals surface area contributed by atoms with Crippen LogP contribution in [0.4, 0.5) is 0 Å². The van der Waals surface area contributed by atoms with Gasteiger partial charge in [-0.15, -0.1) is 0 Å². The Bertz CT molecular complexity index is 739. The van der Waals surface area contributed by atoms with Crippen molar-refractivity contribution in [2.75, 3.05) is 0 Å². The maximum atomic E-state index is 13.2. The minimum Gasteiger partial charge on any atom is -0.414 e. The number of sulfone groups is 1. The molecule has 0 aliphatic heterocycles. The lowest BCUT2D eigenvalue weighted by atomic mass is 9.61. The van der Waals surface area contributed by atoms with Gasteiger partial charge in [-0.05, 0) is 113 Å².